The van der Waals surface area contributed by atoms with Crippen LogP contribution >= 0.6 is 0 Å². The van der Waals surface area contributed by atoms with Crippen LogP contribution in [0.25, 0.3) is 27.6 Å². The van der Waals surface area contributed by atoms with Crippen LogP contribution in [-0.2, 0) is 28.1 Å². The first-order chi connectivity index (χ1) is 17.0. The first-order valence-corrected chi connectivity index (χ1v) is 18.7. The van der Waals surface area contributed by atoms with Crippen molar-refractivity contribution in [1.82, 2.24) is 3.80 Å². The molecule has 2 nitrogen and oxygen atoms in total. The summed E-state index contributed by atoms with van der Waals surface area (Å²) in [4.78, 5) is 13.6. The van der Waals surface area contributed by atoms with Crippen molar-refractivity contribution in [2.75, 3.05) is 0 Å². The molecule has 0 bridgehead atoms. The Kier molecular flexibility index (Phi) is 13.1. The first kappa shape index (κ1) is 33.1. The molecule has 1 fully saturated rings. The van der Waals surface area contributed by atoms with Crippen LogP contribution in [0.3, 0.4) is 0 Å². The SMILES string of the molecule is [CH3][Ti+2]([CH3])([NH]C(=O)C1CCCCCCCCCCC1)[C]1=Cc2c(c3ccccc3c3ccccc23)C1.[Cl-].[Cl-].[SiH4]. The predicted molar refractivity (Wildman–Crippen MR) is 159 cm³/mol. The molecule has 0 heterocycles. The smallest absolute Gasteiger partial charge is 0.0149 e. The summed E-state index contributed by atoms with van der Waals surface area (Å²) in [6.45, 7) is 0. The van der Waals surface area contributed by atoms with Crippen molar-refractivity contribution < 1.29 is 46.5 Å². The van der Waals surface area contributed by atoms with Gasteiger partial charge < -0.3 is 24.8 Å². The Morgan fingerprint density at radius 3 is 1.71 bits per heavy atom. The topological polar surface area (TPSA) is 29.1 Å². The Bertz CT molecular complexity index is 1250. The number of nitrogens with one attached hydrogen (secondary N) is 1. The van der Waals surface area contributed by atoms with Crippen molar-refractivity contribution in [2.45, 2.75) is 87.5 Å². The zero-order valence-electron chi connectivity index (χ0n) is 22.4. The monoisotopic (exact) mass is 605 g/mol. The van der Waals surface area contributed by atoms with E-state index >= 15 is 0 Å². The Morgan fingerprint density at radius 1 is 0.711 bits per heavy atom. The Labute approximate surface area is 250 Å². The van der Waals surface area contributed by atoms with Crippen LogP contribution in [0, 0.1) is 5.92 Å². The number of benzene rings is 3. The summed E-state index contributed by atoms with van der Waals surface area (Å²) in [5, 5.41) is 10.2. The van der Waals surface area contributed by atoms with Crippen molar-refractivity contribution in [3.63, 3.8) is 0 Å². The number of carbonyl (C=O) groups is 1. The molecule has 1 amide bonds. The molecule has 0 atom stereocenters. The Balaban J connectivity index is 0.00000169. The van der Waals surface area contributed by atoms with E-state index in [1.54, 1.807) is 0 Å². The van der Waals surface area contributed by atoms with Crippen LogP contribution in [0.2, 0.25) is 10.5 Å². The molecule has 6 heteroatoms. The van der Waals surface area contributed by atoms with Gasteiger partial charge in [0.2, 0.25) is 0 Å². The molecule has 0 spiro atoms. The van der Waals surface area contributed by atoms with Gasteiger partial charge in [0, 0.05) is 0 Å². The third-order valence-electron chi connectivity index (χ3n) is 8.48. The molecule has 3 aromatic rings. The van der Waals surface area contributed by atoms with Gasteiger partial charge in [-0.05, 0) is 11.0 Å². The average Bonchev–Trinajstić information content (AvgIpc) is 3.32. The second-order valence-corrected chi connectivity index (χ2v) is 17.9. The Morgan fingerprint density at radius 2 is 1.16 bits per heavy atom. The standard InChI is InChI=1S/C17H11.C13H25NO.2CH3.2ClH.H4Si.Ti/c1-3-8-14-12(6-1)13-7-2-4-9-15(13)17-11-5-10-16(14)17;14-13(15)12-10-8-6-4-2-1-3-5-7-9-11-12;;;;;;/h1-4,6-10H,11H2;12H,1-11H2,(H2,14,15);2*1H3;2*1H;1H4;/q;;;;;;;+3/p-3. The van der Waals surface area contributed by atoms with Gasteiger partial charge in [-0.2, -0.15) is 0 Å². The van der Waals surface area contributed by atoms with Crippen LogP contribution in [0.1, 0.15) is 81.8 Å². The molecule has 5 rings (SSSR count). The van der Waals surface area contributed by atoms with E-state index in [1.165, 1.54) is 94.3 Å². The van der Waals surface area contributed by atoms with Crippen LogP contribution in [0.5, 0.6) is 0 Å². The molecule has 0 saturated heterocycles. The molecule has 0 radical (unpaired) electrons. The first-order valence-electron chi connectivity index (χ1n) is 14.0. The van der Waals surface area contributed by atoms with E-state index in [9.17, 15) is 4.79 Å². The van der Waals surface area contributed by atoms with Crippen LogP contribution in [0.15, 0.2) is 52.4 Å². The maximum atomic E-state index is 13.6. The van der Waals surface area contributed by atoms with E-state index in [-0.39, 0.29) is 41.7 Å². The number of amides is 1. The fraction of sp³-hybridized carbons (Fsp3) is 0.469. The summed E-state index contributed by atoms with van der Waals surface area (Å²) >= 11 is -2.71. The van der Waals surface area contributed by atoms with E-state index in [4.69, 9.17) is 0 Å². The molecule has 1 saturated carbocycles. The minimum atomic E-state index is -2.71. The number of rotatable bonds is 3. The van der Waals surface area contributed by atoms with Gasteiger partial charge in [-0.1, -0.05) is 0 Å². The minimum absolute atomic E-state index is 0. The maximum absolute atomic E-state index is 13.6. The van der Waals surface area contributed by atoms with Gasteiger partial charge in [0.25, 0.3) is 0 Å². The van der Waals surface area contributed by atoms with Gasteiger partial charge in [0.15, 0.2) is 0 Å². The van der Waals surface area contributed by atoms with Crippen LogP contribution in [0.4, 0.5) is 0 Å². The van der Waals surface area contributed by atoms with Gasteiger partial charge in [0.05, 0.1) is 0 Å². The number of hydrogen-bond acceptors (Lipinski definition) is 1. The molecule has 2 aliphatic carbocycles. The number of hydrogen-bond donors (Lipinski definition) is 1. The van der Waals surface area contributed by atoms with Gasteiger partial charge in [-0.3, -0.25) is 0 Å². The molecule has 0 unspecified atom stereocenters. The van der Waals surface area contributed by atoms with Gasteiger partial charge in [-0.15, -0.1) is 0 Å². The normalized spacial score (nSPS) is 16.6. The average molecular weight is 607 g/mol. The fourth-order valence-corrected chi connectivity index (χ4v) is 9.62. The molecule has 0 aromatic heterocycles. The van der Waals surface area contributed by atoms with Crippen LogP contribution in [-0.4, -0.2) is 16.9 Å². The van der Waals surface area contributed by atoms with Crippen molar-refractivity contribution in [2.24, 2.45) is 5.92 Å². The van der Waals surface area contributed by atoms with E-state index in [0.29, 0.717) is 5.91 Å². The number of allylic oxidation sites excluding steroid dienone is 1. The Hall–Kier alpha value is -1.10. The quantitative estimate of drug-likeness (QED) is 0.357. The van der Waals surface area contributed by atoms with Crippen molar-refractivity contribution in [3.8, 4) is 0 Å². The molecule has 1 N–H and O–H groups in total. The second kappa shape index (κ2) is 15.1. The summed E-state index contributed by atoms with van der Waals surface area (Å²) < 4.78 is 5.19. The number of halogens is 2. The summed E-state index contributed by atoms with van der Waals surface area (Å²) in [6, 6.07) is 17.7. The largest absolute Gasteiger partial charge is 1.00 e. The molecule has 3 aromatic carbocycles. The van der Waals surface area contributed by atoms with Crippen LogP contribution < -0.4 is 28.6 Å². The molecule has 0 aliphatic heterocycles. The predicted octanol–water partition coefficient (Wildman–Crippen LogP) is 1.65. The summed E-state index contributed by atoms with van der Waals surface area (Å²) in [7, 11) is 0. The molecule has 38 heavy (non-hydrogen) atoms. The second-order valence-electron chi connectivity index (χ2n) is 11.4. The fourth-order valence-electron chi connectivity index (χ4n) is 6.33. The number of carbonyl (C=O) groups excluding carboxylic acids is 1. The molecule has 206 valence electrons. The zero-order chi connectivity index (χ0) is 24.3. The molecular weight excluding hydrogens is 561 g/mol. The van der Waals surface area contributed by atoms with Crippen molar-refractivity contribution in [3.05, 3.63) is 63.5 Å². The summed E-state index contributed by atoms with van der Waals surface area (Å²) in [5.74, 6) is 0.545. The molecular formula is C32H45Cl2NOSiTi. The van der Waals surface area contributed by atoms with Crippen molar-refractivity contribution >= 4 is 44.5 Å². The summed E-state index contributed by atoms with van der Waals surface area (Å²) in [5.41, 5.74) is 2.83. The van der Waals surface area contributed by atoms with Crippen molar-refractivity contribution in [1.29, 1.82) is 0 Å². The zero-order valence-corrected chi connectivity index (χ0v) is 25.5. The van der Waals surface area contributed by atoms with E-state index in [1.807, 2.05) is 0 Å². The van der Waals surface area contributed by atoms with E-state index < -0.39 is 16.8 Å². The summed E-state index contributed by atoms with van der Waals surface area (Å²) in [6.07, 6.45) is 17.4. The van der Waals surface area contributed by atoms with Gasteiger partial charge in [-0.25, -0.2) is 0 Å². The van der Waals surface area contributed by atoms with E-state index in [2.05, 4.69) is 68.9 Å². The minimum Gasteiger partial charge on any atom is -1.00 e. The maximum Gasteiger partial charge on any atom is -0.0149 e. The number of fused-ring (bicyclic) bond motifs is 6. The third-order valence-corrected chi connectivity index (χ3v) is 12.9. The molecule has 2 aliphatic rings. The van der Waals surface area contributed by atoms with E-state index in [0.717, 1.165) is 19.3 Å². The third kappa shape index (κ3) is 7.34. The van der Waals surface area contributed by atoms with Gasteiger partial charge in [0.1, 0.15) is 0 Å². The van der Waals surface area contributed by atoms with Gasteiger partial charge >= 0.3 is 216 Å².